The number of para-hydroxylation sites is 3. The van der Waals surface area contributed by atoms with Crippen molar-refractivity contribution in [1.82, 2.24) is 36.2 Å². The predicted octanol–water partition coefficient (Wildman–Crippen LogP) is 5.51. The molecule has 0 saturated heterocycles. The zero-order valence-electron chi connectivity index (χ0n) is 30.0. The van der Waals surface area contributed by atoms with Crippen LogP contribution >= 0.6 is 0 Å². The Bertz CT molecular complexity index is 2240. The quantitative estimate of drug-likeness (QED) is 0.0833. The molecule has 0 aliphatic carbocycles. The molecule has 12 nitrogen and oxygen atoms in total. The van der Waals surface area contributed by atoms with Gasteiger partial charge < -0.3 is 41.0 Å². The van der Waals surface area contributed by atoms with Crippen LogP contribution in [0.2, 0.25) is 0 Å². The number of alkyl carbamates (subject to hydrolysis) is 1. The van der Waals surface area contributed by atoms with E-state index in [-0.39, 0.29) is 25.2 Å². The standard InChI is InChI=1S/C40H45N7O5/c1-39(2,3)52-38(51)47-40(4,5)37(50)44-33(18-24-21-41-30-15-9-6-12-27(24)30)36(49)46-34(19-25-22-42-31-16-10-7-13-28(25)31)45-35(48)20-26-23-43-32-17-11-8-14-29(26)32/h6-17,21-23,33-34,41-43H,18-20H2,1-5H3,(H,44,50)(H,45,48)(H,46,49)(H,47,51)/t33-,34-/m1/s1. The van der Waals surface area contributed by atoms with Crippen LogP contribution in [0.25, 0.3) is 32.7 Å². The lowest BCUT2D eigenvalue weighted by Crippen LogP contribution is -2.61. The first-order valence-corrected chi connectivity index (χ1v) is 17.3. The van der Waals surface area contributed by atoms with Gasteiger partial charge in [-0.2, -0.15) is 0 Å². The fraction of sp³-hybridized carbons (Fsp3) is 0.300. The minimum absolute atomic E-state index is 0.0876. The first kappa shape index (κ1) is 35.8. The smallest absolute Gasteiger partial charge is 0.408 e. The van der Waals surface area contributed by atoms with Gasteiger partial charge in [-0.1, -0.05) is 54.6 Å². The van der Waals surface area contributed by atoms with E-state index in [2.05, 4.69) is 36.2 Å². The van der Waals surface area contributed by atoms with Gasteiger partial charge in [0, 0.05) is 64.1 Å². The number of ether oxygens (including phenoxy) is 1. The summed E-state index contributed by atoms with van der Waals surface area (Å²) in [6, 6.07) is 22.2. The molecular formula is C40H45N7O5. The maximum absolute atomic E-state index is 14.3. The van der Waals surface area contributed by atoms with Crippen molar-refractivity contribution < 1.29 is 23.9 Å². The Hall–Kier alpha value is -6.04. The highest BCUT2D eigenvalue weighted by molar-refractivity contribution is 5.95. The molecule has 0 aliphatic rings. The number of carbonyl (C=O) groups is 4. The first-order valence-electron chi connectivity index (χ1n) is 17.3. The monoisotopic (exact) mass is 703 g/mol. The minimum atomic E-state index is -1.43. The Morgan fingerprint density at radius 3 is 1.65 bits per heavy atom. The number of fused-ring (bicyclic) bond motifs is 3. The van der Waals surface area contributed by atoms with E-state index >= 15 is 0 Å². The summed E-state index contributed by atoms with van der Waals surface area (Å²) in [5.41, 5.74) is 3.07. The molecule has 6 aromatic rings. The Kier molecular flexibility index (Phi) is 10.1. The third-order valence-electron chi connectivity index (χ3n) is 8.88. The van der Waals surface area contributed by atoms with Crippen molar-refractivity contribution in [2.45, 2.75) is 77.2 Å². The molecule has 270 valence electrons. The van der Waals surface area contributed by atoms with Gasteiger partial charge in [0.05, 0.1) is 6.42 Å². The summed E-state index contributed by atoms with van der Waals surface area (Å²) < 4.78 is 5.38. The molecule has 3 aromatic carbocycles. The number of aromatic nitrogens is 3. The van der Waals surface area contributed by atoms with Gasteiger partial charge in [0.15, 0.2) is 0 Å². The molecule has 0 radical (unpaired) electrons. The van der Waals surface area contributed by atoms with Gasteiger partial charge >= 0.3 is 6.09 Å². The fourth-order valence-electron chi connectivity index (χ4n) is 6.31. The second kappa shape index (κ2) is 14.7. The summed E-state index contributed by atoms with van der Waals surface area (Å²) in [4.78, 5) is 64.1. The maximum Gasteiger partial charge on any atom is 0.408 e. The van der Waals surface area contributed by atoms with Gasteiger partial charge in [0.2, 0.25) is 17.7 Å². The summed E-state index contributed by atoms with van der Waals surface area (Å²) in [5.74, 6) is -1.38. The Morgan fingerprint density at radius 1 is 0.635 bits per heavy atom. The van der Waals surface area contributed by atoms with E-state index in [1.807, 2.05) is 91.4 Å². The molecule has 0 unspecified atom stereocenters. The van der Waals surface area contributed by atoms with Gasteiger partial charge in [-0.25, -0.2) is 4.79 Å². The van der Waals surface area contributed by atoms with Gasteiger partial charge in [0.25, 0.3) is 0 Å². The highest BCUT2D eigenvalue weighted by atomic mass is 16.6. The highest BCUT2D eigenvalue weighted by Crippen LogP contribution is 2.22. The molecule has 0 bridgehead atoms. The number of aromatic amines is 3. The fourth-order valence-corrected chi connectivity index (χ4v) is 6.31. The summed E-state index contributed by atoms with van der Waals surface area (Å²) >= 11 is 0. The van der Waals surface area contributed by atoms with Crippen LogP contribution in [0, 0.1) is 0 Å². The van der Waals surface area contributed by atoms with Crippen LogP contribution in [0.3, 0.4) is 0 Å². The molecule has 3 heterocycles. The van der Waals surface area contributed by atoms with Crippen molar-refractivity contribution in [3.05, 3.63) is 108 Å². The normalized spacial score (nSPS) is 13.1. The van der Waals surface area contributed by atoms with Crippen LogP contribution in [0.5, 0.6) is 0 Å². The van der Waals surface area contributed by atoms with Crippen molar-refractivity contribution in [3.8, 4) is 0 Å². The van der Waals surface area contributed by atoms with E-state index < -0.39 is 41.3 Å². The van der Waals surface area contributed by atoms with Crippen molar-refractivity contribution in [3.63, 3.8) is 0 Å². The lowest BCUT2D eigenvalue weighted by Gasteiger charge is -2.30. The third-order valence-corrected chi connectivity index (χ3v) is 8.88. The lowest BCUT2D eigenvalue weighted by atomic mass is 10.0. The molecule has 0 fully saturated rings. The average molecular weight is 704 g/mol. The van der Waals surface area contributed by atoms with Crippen molar-refractivity contribution in [1.29, 1.82) is 0 Å². The van der Waals surface area contributed by atoms with Crippen LogP contribution in [-0.2, 0) is 38.4 Å². The zero-order valence-corrected chi connectivity index (χ0v) is 30.0. The number of carbonyl (C=O) groups excluding carboxylic acids is 4. The second-order valence-electron chi connectivity index (χ2n) is 14.6. The van der Waals surface area contributed by atoms with Crippen molar-refractivity contribution >= 4 is 56.5 Å². The van der Waals surface area contributed by atoms with Gasteiger partial charge in [-0.15, -0.1) is 0 Å². The highest BCUT2D eigenvalue weighted by Gasteiger charge is 2.35. The van der Waals surface area contributed by atoms with Crippen LogP contribution in [0.4, 0.5) is 4.79 Å². The van der Waals surface area contributed by atoms with Gasteiger partial charge in [-0.05, 0) is 69.5 Å². The molecule has 0 saturated carbocycles. The Labute approximate surface area is 301 Å². The van der Waals surface area contributed by atoms with E-state index in [0.717, 1.165) is 49.4 Å². The van der Waals surface area contributed by atoms with E-state index in [1.54, 1.807) is 20.8 Å². The Balaban J connectivity index is 1.26. The molecule has 7 N–H and O–H groups in total. The SMILES string of the molecule is CC(C)(C)OC(=O)NC(C)(C)C(=O)N[C@H](Cc1c[nH]c2ccccc12)C(=O)N[C@H](Cc1c[nH]c2ccccc12)NC(=O)Cc1c[nH]c2ccccc12. The maximum atomic E-state index is 14.3. The van der Waals surface area contributed by atoms with Crippen LogP contribution in [0.1, 0.15) is 51.3 Å². The van der Waals surface area contributed by atoms with Crippen LogP contribution in [0.15, 0.2) is 91.4 Å². The number of nitrogens with one attached hydrogen (secondary N) is 7. The van der Waals surface area contributed by atoms with E-state index in [0.29, 0.717) is 0 Å². The van der Waals surface area contributed by atoms with Crippen molar-refractivity contribution in [2.75, 3.05) is 0 Å². The Morgan fingerprint density at radius 2 is 1.12 bits per heavy atom. The number of amides is 4. The molecule has 52 heavy (non-hydrogen) atoms. The summed E-state index contributed by atoms with van der Waals surface area (Å²) in [6.07, 6.45) is 4.39. The number of hydrogen-bond acceptors (Lipinski definition) is 5. The molecular weight excluding hydrogens is 658 g/mol. The number of rotatable bonds is 12. The summed E-state index contributed by atoms with van der Waals surface area (Å²) in [5, 5.41) is 14.4. The molecule has 0 aliphatic heterocycles. The molecule has 2 atom stereocenters. The van der Waals surface area contributed by atoms with E-state index in [4.69, 9.17) is 4.74 Å². The van der Waals surface area contributed by atoms with E-state index in [9.17, 15) is 19.2 Å². The number of H-pyrrole nitrogens is 3. The number of hydrogen-bond donors (Lipinski definition) is 7. The topological polar surface area (TPSA) is 173 Å². The zero-order chi connectivity index (χ0) is 37.0. The predicted molar refractivity (Wildman–Crippen MR) is 201 cm³/mol. The number of benzene rings is 3. The van der Waals surface area contributed by atoms with Gasteiger partial charge in [0.1, 0.15) is 23.3 Å². The largest absolute Gasteiger partial charge is 0.444 e. The molecule has 0 spiro atoms. The van der Waals surface area contributed by atoms with Crippen molar-refractivity contribution in [2.24, 2.45) is 0 Å². The minimum Gasteiger partial charge on any atom is -0.444 e. The molecule has 4 amide bonds. The van der Waals surface area contributed by atoms with Crippen LogP contribution in [-0.4, -0.2) is 62.1 Å². The second-order valence-corrected chi connectivity index (χ2v) is 14.6. The van der Waals surface area contributed by atoms with Crippen LogP contribution < -0.4 is 21.3 Å². The lowest BCUT2D eigenvalue weighted by molar-refractivity contribution is -0.132. The third kappa shape index (κ3) is 8.45. The molecule has 3 aromatic heterocycles. The first-order chi connectivity index (χ1) is 24.8. The average Bonchev–Trinajstić information content (AvgIpc) is 3.81. The van der Waals surface area contributed by atoms with E-state index in [1.165, 1.54) is 13.8 Å². The van der Waals surface area contributed by atoms with Gasteiger partial charge in [-0.3, -0.25) is 14.4 Å². The molecule has 12 heteroatoms. The summed E-state index contributed by atoms with van der Waals surface area (Å²) in [6.45, 7) is 8.27. The summed E-state index contributed by atoms with van der Waals surface area (Å²) in [7, 11) is 0. The molecule has 6 rings (SSSR count).